The first-order valence-corrected chi connectivity index (χ1v) is 11.1. The van der Waals surface area contributed by atoms with Gasteiger partial charge in [-0.2, -0.15) is 0 Å². The summed E-state index contributed by atoms with van der Waals surface area (Å²) in [5, 5.41) is 12.9. The first-order valence-electron chi connectivity index (χ1n) is 9.25. The average Bonchev–Trinajstić information content (AvgIpc) is 2.97. The van der Waals surface area contributed by atoms with Crippen LogP contribution >= 0.6 is 0 Å². The van der Waals surface area contributed by atoms with E-state index < -0.39 is 33.5 Å². The maximum absolute atomic E-state index is 12.1. The van der Waals surface area contributed by atoms with Crippen molar-refractivity contribution in [2.45, 2.75) is 12.1 Å². The van der Waals surface area contributed by atoms with Crippen molar-refractivity contribution >= 4 is 26.7 Å². The molecule has 9 heteroatoms. The second-order valence-electron chi connectivity index (χ2n) is 7.11. The molecular formula is C21H19NO7S. The summed E-state index contributed by atoms with van der Waals surface area (Å²) in [7, 11) is -3.36. The number of aliphatic hydroxyl groups is 1. The van der Waals surface area contributed by atoms with E-state index in [9.17, 15) is 23.1 Å². The van der Waals surface area contributed by atoms with Crippen LogP contribution in [-0.2, 0) is 14.6 Å². The zero-order valence-electron chi connectivity index (χ0n) is 15.8. The van der Waals surface area contributed by atoms with Crippen LogP contribution in [0, 0.1) is 0 Å². The third-order valence-corrected chi connectivity index (χ3v) is 6.56. The van der Waals surface area contributed by atoms with Gasteiger partial charge in [-0.15, -0.1) is 0 Å². The molecule has 0 unspecified atom stereocenters. The van der Waals surface area contributed by atoms with E-state index in [1.807, 2.05) is 30.3 Å². The fourth-order valence-electron chi connectivity index (χ4n) is 3.45. The zero-order chi connectivity index (χ0) is 21.3. The minimum absolute atomic E-state index is 0.302. The van der Waals surface area contributed by atoms with E-state index in [0.29, 0.717) is 11.3 Å². The first-order chi connectivity index (χ1) is 14.3. The molecule has 156 valence electrons. The Hall–Kier alpha value is -3.17. The van der Waals surface area contributed by atoms with Gasteiger partial charge < -0.3 is 19.6 Å². The molecule has 8 nitrogen and oxygen atoms in total. The van der Waals surface area contributed by atoms with Crippen LogP contribution in [0.15, 0.2) is 63.8 Å². The molecule has 1 amide bonds. The highest BCUT2D eigenvalue weighted by Crippen LogP contribution is 2.29. The van der Waals surface area contributed by atoms with Crippen LogP contribution in [0.3, 0.4) is 0 Å². The molecule has 0 aliphatic carbocycles. The van der Waals surface area contributed by atoms with Crippen LogP contribution in [0.1, 0.15) is 0 Å². The van der Waals surface area contributed by atoms with Crippen LogP contribution in [-0.4, -0.2) is 49.7 Å². The predicted octanol–water partition coefficient (Wildman–Crippen LogP) is 1.11. The number of sulfone groups is 1. The minimum atomic E-state index is -3.36. The fourth-order valence-corrected chi connectivity index (χ4v) is 5.19. The highest BCUT2D eigenvalue weighted by atomic mass is 32.2. The Morgan fingerprint density at radius 3 is 2.60 bits per heavy atom. The molecule has 0 bridgehead atoms. The molecule has 0 radical (unpaired) electrons. The van der Waals surface area contributed by atoms with Gasteiger partial charge in [-0.1, -0.05) is 30.3 Å². The Labute approximate surface area is 172 Å². The maximum atomic E-state index is 12.1. The van der Waals surface area contributed by atoms with Crippen LogP contribution in [0.25, 0.3) is 22.1 Å². The molecule has 30 heavy (non-hydrogen) atoms. The molecule has 2 N–H and O–H groups in total. The molecule has 3 aromatic rings. The molecule has 2 atom stereocenters. The molecular weight excluding hydrogens is 410 g/mol. The molecule has 1 aliphatic heterocycles. The average molecular weight is 429 g/mol. The SMILES string of the molecule is O=C(COc1ccc2c(-c3ccccc3)cc(=O)oc2c1)N[C@H]1CS(=O)(=O)C[C@@H]1O. The summed E-state index contributed by atoms with van der Waals surface area (Å²) in [5.41, 5.74) is 1.40. The molecule has 0 saturated carbocycles. The number of aliphatic hydroxyl groups excluding tert-OH is 1. The lowest BCUT2D eigenvalue weighted by molar-refractivity contribution is -0.124. The van der Waals surface area contributed by atoms with Crippen LogP contribution in [0.4, 0.5) is 0 Å². The largest absolute Gasteiger partial charge is 0.484 e. The standard InChI is InChI=1S/C21H19NO7S/c23-18-12-30(26,27)11-17(18)22-20(24)10-28-14-6-7-15-16(13-4-2-1-3-5-13)9-21(25)29-19(15)8-14/h1-9,17-18,23H,10-12H2,(H,22,24)/t17-,18-/m0/s1. The molecule has 0 spiro atoms. The van der Waals surface area contributed by atoms with Gasteiger partial charge in [0.05, 0.1) is 23.7 Å². The summed E-state index contributed by atoms with van der Waals surface area (Å²) in [5.74, 6) is -0.920. The Balaban J connectivity index is 1.49. The molecule has 2 aromatic carbocycles. The van der Waals surface area contributed by atoms with Crippen molar-refractivity contribution in [3.63, 3.8) is 0 Å². The van der Waals surface area contributed by atoms with Gasteiger partial charge >= 0.3 is 5.63 Å². The molecule has 1 saturated heterocycles. The van der Waals surface area contributed by atoms with Gasteiger partial charge in [0.15, 0.2) is 16.4 Å². The molecule has 4 rings (SSSR count). The van der Waals surface area contributed by atoms with Crippen LogP contribution < -0.4 is 15.7 Å². The summed E-state index contributed by atoms with van der Waals surface area (Å²) in [6, 6.07) is 14.9. The third-order valence-electron chi connectivity index (χ3n) is 4.84. The monoisotopic (exact) mass is 429 g/mol. The summed E-state index contributed by atoms with van der Waals surface area (Å²) in [4.78, 5) is 24.1. The summed E-state index contributed by atoms with van der Waals surface area (Å²) in [6.07, 6.45) is -1.13. The molecule has 1 aliphatic rings. The first kappa shape index (κ1) is 20.1. The Bertz CT molecular complexity index is 1250. The van der Waals surface area contributed by atoms with Gasteiger partial charge in [0.2, 0.25) is 0 Å². The van der Waals surface area contributed by atoms with Crippen molar-refractivity contribution in [3.8, 4) is 16.9 Å². The van der Waals surface area contributed by atoms with Crippen LogP contribution in [0.2, 0.25) is 0 Å². The normalized spacial score (nSPS) is 20.2. The Kier molecular flexibility index (Phi) is 5.31. The summed E-state index contributed by atoms with van der Waals surface area (Å²) < 4.78 is 33.8. The van der Waals surface area contributed by atoms with Gasteiger partial charge in [-0.25, -0.2) is 13.2 Å². The number of rotatable bonds is 5. The smallest absolute Gasteiger partial charge is 0.336 e. The number of nitrogens with one attached hydrogen (secondary N) is 1. The van der Waals surface area contributed by atoms with Crippen molar-refractivity contribution < 1.29 is 27.5 Å². The van der Waals surface area contributed by atoms with E-state index in [1.165, 1.54) is 12.1 Å². The molecule has 1 aromatic heterocycles. The third kappa shape index (κ3) is 4.37. The number of hydrogen-bond acceptors (Lipinski definition) is 7. The maximum Gasteiger partial charge on any atom is 0.336 e. The van der Waals surface area contributed by atoms with E-state index in [-0.39, 0.29) is 18.1 Å². The number of amides is 1. The Morgan fingerprint density at radius 2 is 1.90 bits per heavy atom. The highest BCUT2D eigenvalue weighted by Gasteiger charge is 2.37. The lowest BCUT2D eigenvalue weighted by Crippen LogP contribution is -2.44. The lowest BCUT2D eigenvalue weighted by atomic mass is 10.0. The van der Waals surface area contributed by atoms with E-state index in [4.69, 9.17) is 9.15 Å². The summed E-state index contributed by atoms with van der Waals surface area (Å²) >= 11 is 0. The predicted molar refractivity (Wildman–Crippen MR) is 110 cm³/mol. The second-order valence-corrected chi connectivity index (χ2v) is 9.26. The van der Waals surface area contributed by atoms with Gasteiger partial charge in [0.1, 0.15) is 11.3 Å². The number of carbonyl (C=O) groups is 1. The lowest BCUT2D eigenvalue weighted by Gasteiger charge is -2.15. The number of fused-ring (bicyclic) bond motifs is 1. The Morgan fingerprint density at radius 1 is 1.13 bits per heavy atom. The van der Waals surface area contributed by atoms with Crippen LogP contribution in [0.5, 0.6) is 5.75 Å². The zero-order valence-corrected chi connectivity index (χ0v) is 16.6. The second kappa shape index (κ2) is 7.92. The van der Waals surface area contributed by atoms with Crippen molar-refractivity contribution in [1.29, 1.82) is 0 Å². The fraction of sp³-hybridized carbons (Fsp3) is 0.238. The van der Waals surface area contributed by atoms with Crippen molar-refractivity contribution in [3.05, 3.63) is 65.0 Å². The van der Waals surface area contributed by atoms with E-state index in [0.717, 1.165) is 16.5 Å². The number of ether oxygens (including phenoxy) is 1. The van der Waals surface area contributed by atoms with Gasteiger partial charge in [0.25, 0.3) is 5.91 Å². The van der Waals surface area contributed by atoms with Crippen molar-refractivity contribution in [2.75, 3.05) is 18.1 Å². The van der Waals surface area contributed by atoms with Gasteiger partial charge in [-0.05, 0) is 23.3 Å². The van der Waals surface area contributed by atoms with Gasteiger partial charge in [0, 0.05) is 17.5 Å². The van der Waals surface area contributed by atoms with Gasteiger partial charge in [-0.3, -0.25) is 4.79 Å². The van der Waals surface area contributed by atoms with Crippen molar-refractivity contribution in [1.82, 2.24) is 5.32 Å². The number of benzene rings is 2. The van der Waals surface area contributed by atoms with Crippen molar-refractivity contribution in [2.24, 2.45) is 0 Å². The highest BCUT2D eigenvalue weighted by molar-refractivity contribution is 7.91. The number of hydrogen-bond donors (Lipinski definition) is 2. The molecule has 2 heterocycles. The minimum Gasteiger partial charge on any atom is -0.484 e. The van der Waals surface area contributed by atoms with E-state index in [1.54, 1.807) is 12.1 Å². The van der Waals surface area contributed by atoms with E-state index in [2.05, 4.69) is 5.32 Å². The van der Waals surface area contributed by atoms with E-state index >= 15 is 0 Å². The summed E-state index contributed by atoms with van der Waals surface area (Å²) in [6.45, 7) is -0.378. The number of carbonyl (C=O) groups excluding carboxylic acids is 1. The molecule has 1 fully saturated rings. The topological polar surface area (TPSA) is 123 Å². The quantitative estimate of drug-likeness (QED) is 0.583.